The molecule has 2 rings (SSSR count). The van der Waals surface area contributed by atoms with Crippen LogP contribution in [0.25, 0.3) is 11.0 Å². The van der Waals surface area contributed by atoms with Gasteiger partial charge < -0.3 is 15.5 Å². The summed E-state index contributed by atoms with van der Waals surface area (Å²) >= 11 is 3.28. The fraction of sp³-hybridized carbons (Fsp3) is 0.250. The molecule has 0 aliphatic heterocycles. The number of amides is 1. The molecule has 2 aromatic rings. The molecule has 1 amide bonds. The van der Waals surface area contributed by atoms with E-state index in [9.17, 15) is 13.6 Å². The topological polar surface area (TPSA) is 68.3 Å². The van der Waals surface area contributed by atoms with Crippen LogP contribution in [0.1, 0.15) is 10.6 Å². The normalized spacial score (nSPS) is 11.8. The van der Waals surface area contributed by atoms with Crippen molar-refractivity contribution in [1.82, 2.24) is 5.32 Å². The summed E-state index contributed by atoms with van der Waals surface area (Å²) in [6.07, 6.45) is 0. The van der Waals surface area contributed by atoms with Crippen molar-refractivity contribution in [3.05, 3.63) is 34.5 Å². The zero-order valence-corrected chi connectivity index (χ0v) is 11.3. The minimum Gasteiger partial charge on any atom is -0.450 e. The zero-order valence-electron chi connectivity index (χ0n) is 9.75. The van der Waals surface area contributed by atoms with Crippen molar-refractivity contribution in [2.75, 3.05) is 13.1 Å². The molecule has 0 unspecified atom stereocenters. The largest absolute Gasteiger partial charge is 0.450 e. The summed E-state index contributed by atoms with van der Waals surface area (Å²) < 4.78 is 31.9. The number of para-hydroxylation sites is 1. The van der Waals surface area contributed by atoms with Gasteiger partial charge >= 0.3 is 0 Å². The van der Waals surface area contributed by atoms with E-state index < -0.39 is 24.9 Å². The lowest BCUT2D eigenvalue weighted by Crippen LogP contribution is -2.41. The molecule has 0 fully saturated rings. The van der Waals surface area contributed by atoms with Gasteiger partial charge in [0.15, 0.2) is 5.76 Å². The van der Waals surface area contributed by atoms with E-state index in [0.717, 1.165) is 0 Å². The molecule has 0 bridgehead atoms. The molecule has 7 heteroatoms. The van der Waals surface area contributed by atoms with Crippen LogP contribution in [-0.4, -0.2) is 24.9 Å². The quantitative estimate of drug-likeness (QED) is 0.903. The third-order valence-corrected chi connectivity index (χ3v) is 3.15. The molecule has 1 aromatic carbocycles. The number of halogens is 3. The van der Waals surface area contributed by atoms with Crippen LogP contribution in [0.3, 0.4) is 0 Å². The lowest BCUT2D eigenvalue weighted by atomic mass is 10.2. The number of rotatable bonds is 4. The zero-order chi connectivity index (χ0) is 14.0. The SMILES string of the molecule is NCC(F)(F)CNC(=O)c1cc2cccc(Br)c2o1. The molecule has 0 saturated heterocycles. The lowest BCUT2D eigenvalue weighted by Gasteiger charge is -2.13. The smallest absolute Gasteiger partial charge is 0.287 e. The van der Waals surface area contributed by atoms with Crippen LogP contribution in [0, 0.1) is 0 Å². The summed E-state index contributed by atoms with van der Waals surface area (Å²) in [7, 11) is 0. The number of nitrogens with two attached hydrogens (primary N) is 1. The fourth-order valence-corrected chi connectivity index (χ4v) is 1.97. The number of hydrogen-bond donors (Lipinski definition) is 2. The lowest BCUT2D eigenvalue weighted by molar-refractivity contribution is 0.0116. The standard InChI is InChI=1S/C12H11BrF2N2O2/c13-8-3-1-2-7-4-9(19-10(7)8)11(18)17-6-12(14,15)5-16/h1-4H,5-6,16H2,(H,17,18). The number of fused-ring (bicyclic) bond motifs is 1. The van der Waals surface area contributed by atoms with Crippen molar-refractivity contribution >= 4 is 32.8 Å². The van der Waals surface area contributed by atoms with E-state index in [1.165, 1.54) is 6.07 Å². The average Bonchev–Trinajstić information content (AvgIpc) is 2.81. The number of carbonyl (C=O) groups is 1. The van der Waals surface area contributed by atoms with Gasteiger partial charge in [0.2, 0.25) is 0 Å². The van der Waals surface area contributed by atoms with Gasteiger partial charge in [0.05, 0.1) is 17.6 Å². The molecule has 102 valence electrons. The number of benzene rings is 1. The van der Waals surface area contributed by atoms with E-state index in [2.05, 4.69) is 21.2 Å². The highest BCUT2D eigenvalue weighted by atomic mass is 79.9. The van der Waals surface area contributed by atoms with Gasteiger partial charge in [-0.3, -0.25) is 4.79 Å². The Morgan fingerprint density at radius 1 is 1.47 bits per heavy atom. The van der Waals surface area contributed by atoms with Gasteiger partial charge in [0.25, 0.3) is 11.8 Å². The van der Waals surface area contributed by atoms with Crippen molar-refractivity contribution < 1.29 is 18.0 Å². The van der Waals surface area contributed by atoms with Crippen LogP contribution in [0.15, 0.2) is 33.2 Å². The molecule has 1 heterocycles. The maximum Gasteiger partial charge on any atom is 0.287 e. The second-order valence-corrected chi connectivity index (χ2v) is 4.87. The third-order valence-electron chi connectivity index (χ3n) is 2.53. The first kappa shape index (κ1) is 14.0. The van der Waals surface area contributed by atoms with Gasteiger partial charge in [-0.1, -0.05) is 12.1 Å². The van der Waals surface area contributed by atoms with E-state index in [1.54, 1.807) is 18.2 Å². The van der Waals surface area contributed by atoms with Gasteiger partial charge in [0.1, 0.15) is 5.58 Å². The van der Waals surface area contributed by atoms with E-state index in [-0.39, 0.29) is 5.76 Å². The van der Waals surface area contributed by atoms with Crippen molar-refractivity contribution in [1.29, 1.82) is 0 Å². The number of carbonyl (C=O) groups excluding carboxylic acids is 1. The minimum absolute atomic E-state index is 0.0188. The minimum atomic E-state index is -3.12. The van der Waals surface area contributed by atoms with Crippen LogP contribution in [0.4, 0.5) is 8.78 Å². The average molecular weight is 333 g/mol. The van der Waals surface area contributed by atoms with E-state index >= 15 is 0 Å². The van der Waals surface area contributed by atoms with Crippen molar-refractivity contribution in [2.45, 2.75) is 5.92 Å². The summed E-state index contributed by atoms with van der Waals surface area (Å²) in [4.78, 5) is 11.7. The van der Waals surface area contributed by atoms with Gasteiger partial charge in [-0.2, -0.15) is 0 Å². The molecule has 4 nitrogen and oxygen atoms in total. The van der Waals surface area contributed by atoms with E-state index in [4.69, 9.17) is 10.2 Å². The predicted octanol–water partition coefficient (Wildman–Crippen LogP) is 2.52. The Hall–Kier alpha value is -1.47. The maximum atomic E-state index is 12.9. The number of nitrogens with one attached hydrogen (secondary N) is 1. The molecule has 3 N–H and O–H groups in total. The Morgan fingerprint density at radius 2 is 2.21 bits per heavy atom. The Bertz CT molecular complexity index is 613. The summed E-state index contributed by atoms with van der Waals surface area (Å²) in [5, 5.41) is 2.81. The van der Waals surface area contributed by atoms with E-state index in [0.29, 0.717) is 15.4 Å². The molecule has 0 saturated carbocycles. The summed E-state index contributed by atoms with van der Waals surface area (Å²) in [6.45, 7) is -1.64. The number of alkyl halides is 2. The molecule has 1 aromatic heterocycles. The van der Waals surface area contributed by atoms with Crippen molar-refractivity contribution in [2.24, 2.45) is 5.73 Å². The monoisotopic (exact) mass is 332 g/mol. The van der Waals surface area contributed by atoms with Crippen molar-refractivity contribution in [3.8, 4) is 0 Å². The molecule has 19 heavy (non-hydrogen) atoms. The summed E-state index contributed by atoms with van der Waals surface area (Å²) in [5.41, 5.74) is 5.38. The second-order valence-electron chi connectivity index (χ2n) is 4.01. The van der Waals surface area contributed by atoms with Gasteiger partial charge in [0, 0.05) is 5.39 Å². The second kappa shape index (κ2) is 5.26. The van der Waals surface area contributed by atoms with Crippen LogP contribution in [0.5, 0.6) is 0 Å². The molecule has 0 spiro atoms. The molecular weight excluding hydrogens is 322 g/mol. The predicted molar refractivity (Wildman–Crippen MR) is 70.2 cm³/mol. The van der Waals surface area contributed by atoms with Gasteiger partial charge in [-0.05, 0) is 28.1 Å². The van der Waals surface area contributed by atoms with Crippen LogP contribution in [0.2, 0.25) is 0 Å². The van der Waals surface area contributed by atoms with Crippen LogP contribution >= 0.6 is 15.9 Å². The highest BCUT2D eigenvalue weighted by Crippen LogP contribution is 2.26. The first-order valence-corrected chi connectivity index (χ1v) is 6.26. The summed E-state index contributed by atoms with van der Waals surface area (Å²) in [5.74, 6) is -3.84. The fourth-order valence-electron chi connectivity index (χ4n) is 1.51. The molecular formula is C12H11BrF2N2O2. The van der Waals surface area contributed by atoms with Gasteiger partial charge in [-0.15, -0.1) is 0 Å². The highest BCUT2D eigenvalue weighted by molar-refractivity contribution is 9.10. The Balaban J connectivity index is 2.16. The molecule has 0 atom stereocenters. The van der Waals surface area contributed by atoms with Crippen LogP contribution < -0.4 is 11.1 Å². The molecule has 0 aliphatic carbocycles. The Morgan fingerprint density at radius 3 is 2.84 bits per heavy atom. The van der Waals surface area contributed by atoms with Crippen LogP contribution in [-0.2, 0) is 0 Å². The molecule has 0 aliphatic rings. The first-order chi connectivity index (χ1) is 8.93. The Labute approximate surface area is 116 Å². The highest BCUT2D eigenvalue weighted by Gasteiger charge is 2.28. The number of hydrogen-bond acceptors (Lipinski definition) is 3. The van der Waals surface area contributed by atoms with Gasteiger partial charge in [-0.25, -0.2) is 8.78 Å². The third kappa shape index (κ3) is 3.10. The maximum absolute atomic E-state index is 12.9. The first-order valence-electron chi connectivity index (χ1n) is 5.47. The number of furan rings is 1. The van der Waals surface area contributed by atoms with Crippen molar-refractivity contribution in [3.63, 3.8) is 0 Å². The Kier molecular flexibility index (Phi) is 3.86. The molecule has 0 radical (unpaired) electrons. The summed E-state index contributed by atoms with van der Waals surface area (Å²) in [6, 6.07) is 6.80. The van der Waals surface area contributed by atoms with E-state index in [1.807, 2.05) is 0 Å².